The maximum atomic E-state index is 9.69. The van der Waals surface area contributed by atoms with E-state index in [2.05, 4.69) is 9.88 Å². The van der Waals surface area contributed by atoms with Crippen LogP contribution in [0.5, 0.6) is 0 Å². The Hall–Kier alpha value is -2.05. The third kappa shape index (κ3) is 2.05. The molecular weight excluding hydrogens is 308 g/mol. The van der Waals surface area contributed by atoms with E-state index in [-0.39, 0.29) is 6.10 Å². The lowest BCUT2D eigenvalue weighted by atomic mass is 10.1. The number of pyridine rings is 1. The summed E-state index contributed by atoms with van der Waals surface area (Å²) in [6.45, 7) is 1.31. The van der Waals surface area contributed by atoms with Gasteiger partial charge in [0.1, 0.15) is 10.6 Å². The third-order valence-electron chi connectivity index (χ3n) is 4.63. The standard InChI is InChI=1S/C17H16N4OS/c22-11-8-21(9-11)16-14-12-4-1-5-13(12)23-17(14)20-15(19-16)10-3-2-6-18-7-10/h2-3,6-7,11,22H,1,4-5,8-9H2. The Kier molecular flexibility index (Phi) is 2.90. The van der Waals surface area contributed by atoms with Gasteiger partial charge in [-0.15, -0.1) is 11.3 Å². The summed E-state index contributed by atoms with van der Waals surface area (Å²) >= 11 is 1.80. The second kappa shape index (κ2) is 4.97. The molecule has 1 N–H and O–H groups in total. The van der Waals surface area contributed by atoms with Crippen molar-refractivity contribution >= 4 is 27.4 Å². The van der Waals surface area contributed by atoms with E-state index in [0.717, 1.165) is 34.9 Å². The van der Waals surface area contributed by atoms with Gasteiger partial charge in [0.25, 0.3) is 0 Å². The van der Waals surface area contributed by atoms with Crippen LogP contribution < -0.4 is 4.90 Å². The lowest BCUT2D eigenvalue weighted by Crippen LogP contribution is -2.51. The number of hydrogen-bond acceptors (Lipinski definition) is 6. The highest BCUT2D eigenvalue weighted by molar-refractivity contribution is 7.19. The summed E-state index contributed by atoms with van der Waals surface area (Å²) in [6, 6.07) is 3.90. The number of β-amino-alcohol motifs (C(OH)–C–C–N with tert-alkyl or cyclic N) is 1. The number of hydrogen-bond donors (Lipinski definition) is 1. The molecule has 1 saturated heterocycles. The zero-order valence-electron chi connectivity index (χ0n) is 12.6. The van der Waals surface area contributed by atoms with Crippen molar-refractivity contribution in [3.8, 4) is 11.4 Å². The van der Waals surface area contributed by atoms with Crippen LogP contribution in [0.4, 0.5) is 5.82 Å². The molecule has 3 aromatic heterocycles. The van der Waals surface area contributed by atoms with Gasteiger partial charge in [0.2, 0.25) is 0 Å². The second-order valence-electron chi connectivity index (χ2n) is 6.21. The maximum Gasteiger partial charge on any atom is 0.164 e. The summed E-state index contributed by atoms with van der Waals surface area (Å²) in [6.07, 6.45) is 6.82. The molecule has 5 nitrogen and oxygen atoms in total. The molecule has 4 heterocycles. The minimum absolute atomic E-state index is 0.242. The van der Waals surface area contributed by atoms with Gasteiger partial charge in [0, 0.05) is 35.9 Å². The van der Waals surface area contributed by atoms with Crippen molar-refractivity contribution in [2.45, 2.75) is 25.4 Å². The van der Waals surface area contributed by atoms with Crippen LogP contribution in [0.3, 0.4) is 0 Å². The minimum atomic E-state index is -0.242. The van der Waals surface area contributed by atoms with E-state index in [0.29, 0.717) is 13.1 Å². The molecule has 1 fully saturated rings. The van der Waals surface area contributed by atoms with Crippen molar-refractivity contribution in [2.24, 2.45) is 0 Å². The van der Waals surface area contributed by atoms with Crippen LogP contribution in [0, 0.1) is 0 Å². The van der Waals surface area contributed by atoms with Crippen LogP contribution in [0.15, 0.2) is 24.5 Å². The fourth-order valence-electron chi connectivity index (χ4n) is 3.46. The van der Waals surface area contributed by atoms with Gasteiger partial charge < -0.3 is 10.0 Å². The van der Waals surface area contributed by atoms with Gasteiger partial charge in [-0.2, -0.15) is 0 Å². The number of fused-ring (bicyclic) bond motifs is 3. The predicted molar refractivity (Wildman–Crippen MR) is 90.9 cm³/mol. The van der Waals surface area contributed by atoms with Gasteiger partial charge in [0.05, 0.1) is 11.5 Å². The number of rotatable bonds is 2. The van der Waals surface area contributed by atoms with E-state index in [1.807, 2.05) is 12.1 Å². The van der Waals surface area contributed by atoms with Gasteiger partial charge in [-0.1, -0.05) is 0 Å². The largest absolute Gasteiger partial charge is 0.389 e. The first-order valence-corrected chi connectivity index (χ1v) is 8.77. The van der Waals surface area contributed by atoms with Gasteiger partial charge in [-0.3, -0.25) is 4.98 Å². The molecule has 0 atom stereocenters. The molecule has 0 unspecified atom stereocenters. The number of anilines is 1. The molecule has 6 heteroatoms. The summed E-state index contributed by atoms with van der Waals surface area (Å²) in [5.74, 6) is 1.71. The van der Waals surface area contributed by atoms with Crippen LogP contribution in [-0.2, 0) is 12.8 Å². The lowest BCUT2D eigenvalue weighted by Gasteiger charge is -2.37. The Labute approximate surface area is 137 Å². The Morgan fingerprint density at radius 3 is 2.91 bits per heavy atom. The van der Waals surface area contributed by atoms with Crippen molar-refractivity contribution in [3.05, 3.63) is 35.0 Å². The van der Waals surface area contributed by atoms with Crippen molar-refractivity contribution in [1.29, 1.82) is 0 Å². The lowest BCUT2D eigenvalue weighted by molar-refractivity contribution is 0.141. The number of aryl methyl sites for hydroxylation is 2. The van der Waals surface area contributed by atoms with Crippen LogP contribution in [0.1, 0.15) is 16.9 Å². The molecule has 3 aromatic rings. The number of nitrogens with zero attached hydrogens (tertiary/aromatic N) is 4. The van der Waals surface area contributed by atoms with Gasteiger partial charge in [-0.25, -0.2) is 9.97 Å². The first kappa shape index (κ1) is 13.4. The van der Waals surface area contributed by atoms with Crippen LogP contribution in [-0.4, -0.2) is 39.3 Å². The highest BCUT2D eigenvalue weighted by Gasteiger charge is 2.31. The number of aliphatic hydroxyl groups is 1. The average Bonchev–Trinajstić information content (AvgIpc) is 3.12. The number of thiophene rings is 1. The molecule has 0 radical (unpaired) electrons. The quantitative estimate of drug-likeness (QED) is 0.784. The van der Waals surface area contributed by atoms with Crippen LogP contribution >= 0.6 is 11.3 Å². The summed E-state index contributed by atoms with van der Waals surface area (Å²) in [7, 11) is 0. The average molecular weight is 324 g/mol. The second-order valence-corrected chi connectivity index (χ2v) is 7.29. The number of aliphatic hydroxyl groups excluding tert-OH is 1. The molecule has 0 spiro atoms. The predicted octanol–water partition coefficient (Wildman–Crippen LogP) is 2.42. The zero-order valence-corrected chi connectivity index (χ0v) is 13.4. The Morgan fingerprint density at radius 2 is 2.13 bits per heavy atom. The molecule has 0 amide bonds. The molecule has 0 aromatic carbocycles. The molecule has 116 valence electrons. The van der Waals surface area contributed by atoms with Crippen molar-refractivity contribution in [3.63, 3.8) is 0 Å². The van der Waals surface area contributed by atoms with Crippen LogP contribution in [0.2, 0.25) is 0 Å². The molecule has 1 aliphatic carbocycles. The molecule has 1 aliphatic heterocycles. The van der Waals surface area contributed by atoms with E-state index in [4.69, 9.17) is 9.97 Å². The van der Waals surface area contributed by atoms with Gasteiger partial charge in [-0.05, 0) is 37.0 Å². The number of aromatic nitrogens is 3. The molecular formula is C17H16N4OS. The van der Waals surface area contributed by atoms with Crippen molar-refractivity contribution in [2.75, 3.05) is 18.0 Å². The van der Waals surface area contributed by atoms with E-state index in [1.165, 1.54) is 22.2 Å². The summed E-state index contributed by atoms with van der Waals surface area (Å²) < 4.78 is 0. The van der Waals surface area contributed by atoms with Crippen LogP contribution in [0.25, 0.3) is 21.6 Å². The van der Waals surface area contributed by atoms with E-state index < -0.39 is 0 Å². The van der Waals surface area contributed by atoms with Crippen molar-refractivity contribution in [1.82, 2.24) is 15.0 Å². The molecule has 23 heavy (non-hydrogen) atoms. The Bertz CT molecular complexity index is 886. The van der Waals surface area contributed by atoms with Gasteiger partial charge >= 0.3 is 0 Å². The van der Waals surface area contributed by atoms with E-state index in [9.17, 15) is 5.11 Å². The zero-order chi connectivity index (χ0) is 15.4. The highest BCUT2D eigenvalue weighted by atomic mass is 32.1. The first-order valence-electron chi connectivity index (χ1n) is 7.95. The molecule has 5 rings (SSSR count). The van der Waals surface area contributed by atoms with Crippen molar-refractivity contribution < 1.29 is 5.11 Å². The fraction of sp³-hybridized carbons (Fsp3) is 0.353. The maximum absolute atomic E-state index is 9.69. The summed E-state index contributed by atoms with van der Waals surface area (Å²) in [5, 5.41) is 10.9. The Morgan fingerprint density at radius 1 is 1.22 bits per heavy atom. The molecule has 0 saturated carbocycles. The van der Waals surface area contributed by atoms with E-state index in [1.54, 1.807) is 23.7 Å². The smallest absolute Gasteiger partial charge is 0.164 e. The monoisotopic (exact) mass is 324 g/mol. The Balaban J connectivity index is 1.73. The molecule has 2 aliphatic rings. The third-order valence-corrected chi connectivity index (χ3v) is 5.81. The first-order chi connectivity index (χ1) is 11.3. The normalized spacial score (nSPS) is 17.5. The topological polar surface area (TPSA) is 62.1 Å². The fourth-order valence-corrected chi connectivity index (χ4v) is 4.71. The highest BCUT2D eigenvalue weighted by Crippen LogP contribution is 2.42. The van der Waals surface area contributed by atoms with Gasteiger partial charge in [0.15, 0.2) is 5.82 Å². The molecule has 0 bridgehead atoms. The summed E-state index contributed by atoms with van der Waals surface area (Å²) in [4.78, 5) is 18.5. The SMILES string of the molecule is OC1CN(c2nc(-c3cccnc3)nc3sc4c(c23)CCC4)C1. The minimum Gasteiger partial charge on any atom is -0.389 e. The van der Waals surface area contributed by atoms with E-state index >= 15 is 0 Å². The summed E-state index contributed by atoms with van der Waals surface area (Å²) in [5.41, 5.74) is 2.37.